The van der Waals surface area contributed by atoms with Crippen LogP contribution in [0.5, 0.6) is 0 Å². The van der Waals surface area contributed by atoms with Crippen molar-refractivity contribution in [3.8, 4) is 0 Å². The topological polar surface area (TPSA) is 64.6 Å². The summed E-state index contributed by atoms with van der Waals surface area (Å²) in [5.74, 6) is 0. The number of amides is 1. The van der Waals surface area contributed by atoms with Crippen molar-refractivity contribution in [3.63, 3.8) is 0 Å². The Labute approximate surface area is 102 Å². The van der Waals surface area contributed by atoms with Crippen LogP contribution >= 0.6 is 0 Å². The second kappa shape index (κ2) is 5.38. The highest BCUT2D eigenvalue weighted by Crippen LogP contribution is 2.29. The van der Waals surface area contributed by atoms with Gasteiger partial charge in [-0.25, -0.2) is 4.79 Å². The summed E-state index contributed by atoms with van der Waals surface area (Å²) < 4.78 is 10.2. The Morgan fingerprint density at radius 1 is 1.24 bits per heavy atom. The van der Waals surface area contributed by atoms with E-state index in [0.29, 0.717) is 19.3 Å². The molecule has 1 fully saturated rings. The molecule has 0 atom stereocenters. The molecule has 0 aromatic rings. The van der Waals surface area contributed by atoms with Crippen LogP contribution < -0.4 is 5.32 Å². The molecule has 5 heteroatoms. The van der Waals surface area contributed by atoms with E-state index in [2.05, 4.69) is 5.32 Å². The molecule has 0 unspecified atom stereocenters. The fourth-order valence-electron chi connectivity index (χ4n) is 1.98. The zero-order valence-electron chi connectivity index (χ0n) is 10.7. The largest absolute Gasteiger partial charge is 0.444 e. The second-order valence-electron chi connectivity index (χ2n) is 5.40. The van der Waals surface area contributed by atoms with Crippen molar-refractivity contribution in [1.29, 1.82) is 0 Å². The van der Waals surface area contributed by atoms with E-state index in [1.165, 1.54) is 0 Å². The van der Waals surface area contributed by atoms with Gasteiger partial charge in [0.1, 0.15) is 5.60 Å². The van der Waals surface area contributed by atoms with Crippen LogP contribution in [0.2, 0.25) is 0 Å². The predicted molar refractivity (Wildman–Crippen MR) is 62.3 cm³/mol. The summed E-state index contributed by atoms with van der Waals surface area (Å²) in [6.07, 6.45) is 3.71. The van der Waals surface area contributed by atoms with E-state index in [9.17, 15) is 9.59 Å². The lowest BCUT2D eigenvalue weighted by atomic mass is 9.91. The smallest absolute Gasteiger partial charge is 0.410 e. The average molecular weight is 243 g/mol. The second-order valence-corrected chi connectivity index (χ2v) is 5.40. The van der Waals surface area contributed by atoms with E-state index in [1.54, 1.807) is 20.8 Å². The summed E-state index contributed by atoms with van der Waals surface area (Å²) in [4.78, 5) is 22.2. The molecule has 0 bridgehead atoms. The molecule has 1 amide bonds. The van der Waals surface area contributed by atoms with Crippen molar-refractivity contribution in [2.75, 3.05) is 0 Å². The molecule has 0 heterocycles. The fraction of sp³-hybridized carbons (Fsp3) is 0.833. The minimum absolute atomic E-state index is 0.392. The van der Waals surface area contributed by atoms with Crippen molar-refractivity contribution >= 4 is 12.6 Å². The van der Waals surface area contributed by atoms with Crippen LogP contribution in [-0.2, 0) is 14.3 Å². The molecular formula is C12H21NO4. The van der Waals surface area contributed by atoms with Crippen molar-refractivity contribution in [1.82, 2.24) is 5.32 Å². The molecule has 1 aliphatic rings. The first-order chi connectivity index (χ1) is 7.87. The minimum atomic E-state index is -0.873. The summed E-state index contributed by atoms with van der Waals surface area (Å²) >= 11 is 0. The summed E-state index contributed by atoms with van der Waals surface area (Å²) in [5, 5.41) is 2.68. The van der Waals surface area contributed by atoms with Gasteiger partial charge in [-0.15, -0.1) is 0 Å². The number of ether oxygens (including phenoxy) is 2. The maximum Gasteiger partial charge on any atom is 0.410 e. The van der Waals surface area contributed by atoms with Gasteiger partial charge in [0, 0.05) is 12.8 Å². The lowest BCUT2D eigenvalue weighted by Crippen LogP contribution is -2.52. The number of alkyl carbamates (subject to hydrolysis) is 1. The zero-order valence-corrected chi connectivity index (χ0v) is 10.7. The lowest BCUT2D eigenvalue weighted by Gasteiger charge is -2.36. The van der Waals surface area contributed by atoms with Gasteiger partial charge in [0.2, 0.25) is 0 Å². The van der Waals surface area contributed by atoms with Crippen LogP contribution in [0.3, 0.4) is 0 Å². The van der Waals surface area contributed by atoms with E-state index in [1.807, 2.05) is 0 Å². The molecule has 1 aliphatic carbocycles. The average Bonchev–Trinajstić information content (AvgIpc) is 2.15. The van der Waals surface area contributed by atoms with Crippen LogP contribution in [0.25, 0.3) is 0 Å². The molecule has 0 spiro atoms. The Bertz CT molecular complexity index is 277. The third-order valence-corrected chi connectivity index (χ3v) is 2.66. The molecule has 0 radical (unpaired) electrons. The van der Waals surface area contributed by atoms with E-state index in [4.69, 9.17) is 9.47 Å². The van der Waals surface area contributed by atoms with Gasteiger partial charge < -0.3 is 9.47 Å². The number of carbonyl (C=O) groups excluding carboxylic acids is 2. The third kappa shape index (κ3) is 4.63. The number of rotatable bonds is 3. The maximum absolute atomic E-state index is 11.7. The number of hydrogen-bond acceptors (Lipinski definition) is 4. The van der Waals surface area contributed by atoms with Gasteiger partial charge >= 0.3 is 6.09 Å². The molecule has 1 rings (SSSR count). The normalized spacial score (nSPS) is 19.2. The monoisotopic (exact) mass is 243 g/mol. The van der Waals surface area contributed by atoms with Crippen LogP contribution in [0, 0.1) is 0 Å². The Morgan fingerprint density at radius 2 is 1.82 bits per heavy atom. The summed E-state index contributed by atoms with van der Waals surface area (Å²) in [6, 6.07) is 0. The third-order valence-electron chi connectivity index (χ3n) is 2.66. The molecule has 0 aliphatic heterocycles. The van der Waals surface area contributed by atoms with Gasteiger partial charge in [-0.1, -0.05) is 6.42 Å². The number of carbonyl (C=O) groups is 2. The lowest BCUT2D eigenvalue weighted by molar-refractivity contribution is -0.150. The van der Waals surface area contributed by atoms with E-state index < -0.39 is 17.4 Å². The van der Waals surface area contributed by atoms with Crippen LogP contribution in [-0.4, -0.2) is 23.9 Å². The van der Waals surface area contributed by atoms with Crippen LogP contribution in [0.4, 0.5) is 4.79 Å². The van der Waals surface area contributed by atoms with Gasteiger partial charge in [-0.05, 0) is 33.6 Å². The van der Waals surface area contributed by atoms with Crippen molar-refractivity contribution in [2.45, 2.75) is 64.2 Å². The quantitative estimate of drug-likeness (QED) is 0.610. The molecular weight excluding hydrogens is 222 g/mol. The first-order valence-corrected chi connectivity index (χ1v) is 6.00. The Hall–Kier alpha value is -1.26. The van der Waals surface area contributed by atoms with Gasteiger partial charge in [-0.2, -0.15) is 0 Å². The molecule has 0 aromatic heterocycles. The molecule has 17 heavy (non-hydrogen) atoms. The van der Waals surface area contributed by atoms with Crippen molar-refractivity contribution in [3.05, 3.63) is 0 Å². The SMILES string of the molecule is CC(C)(C)OC(=O)NC1(OC=O)CCCCC1. The van der Waals surface area contributed by atoms with Crippen molar-refractivity contribution < 1.29 is 19.1 Å². The molecule has 98 valence electrons. The number of hydrogen-bond donors (Lipinski definition) is 1. The highest BCUT2D eigenvalue weighted by atomic mass is 16.6. The molecule has 0 saturated heterocycles. The molecule has 1 N–H and O–H groups in total. The summed E-state index contributed by atoms with van der Waals surface area (Å²) in [7, 11) is 0. The maximum atomic E-state index is 11.7. The van der Waals surface area contributed by atoms with Crippen LogP contribution in [0.15, 0.2) is 0 Å². The molecule has 1 saturated carbocycles. The van der Waals surface area contributed by atoms with Gasteiger partial charge in [0.25, 0.3) is 6.47 Å². The Kier molecular flexibility index (Phi) is 4.37. The minimum Gasteiger partial charge on any atom is -0.444 e. The first kappa shape index (κ1) is 13.8. The molecule has 5 nitrogen and oxygen atoms in total. The Morgan fingerprint density at radius 3 is 2.29 bits per heavy atom. The number of nitrogens with one attached hydrogen (secondary N) is 1. The highest BCUT2D eigenvalue weighted by molar-refractivity contribution is 5.68. The van der Waals surface area contributed by atoms with Gasteiger partial charge in [-0.3, -0.25) is 10.1 Å². The van der Waals surface area contributed by atoms with E-state index >= 15 is 0 Å². The van der Waals surface area contributed by atoms with E-state index in [0.717, 1.165) is 19.3 Å². The van der Waals surface area contributed by atoms with Gasteiger partial charge in [0.05, 0.1) is 0 Å². The fourth-order valence-corrected chi connectivity index (χ4v) is 1.98. The van der Waals surface area contributed by atoms with Gasteiger partial charge in [0.15, 0.2) is 5.72 Å². The van der Waals surface area contributed by atoms with E-state index in [-0.39, 0.29) is 0 Å². The molecule has 0 aromatic carbocycles. The zero-order chi connectivity index (χ0) is 12.9. The first-order valence-electron chi connectivity index (χ1n) is 6.00. The highest BCUT2D eigenvalue weighted by Gasteiger charge is 2.36. The summed E-state index contributed by atoms with van der Waals surface area (Å²) in [5.41, 5.74) is -1.43. The standard InChI is InChI=1S/C12H21NO4/c1-11(2,3)17-10(15)13-12(16-9-14)7-5-4-6-8-12/h9H,4-8H2,1-3H3,(H,13,15). The predicted octanol–water partition coefficient (Wildman–Crippen LogP) is 2.34. The summed E-state index contributed by atoms with van der Waals surface area (Å²) in [6.45, 7) is 5.77. The van der Waals surface area contributed by atoms with Crippen molar-refractivity contribution in [2.24, 2.45) is 0 Å². The Balaban J connectivity index is 2.60. The van der Waals surface area contributed by atoms with Crippen LogP contribution in [0.1, 0.15) is 52.9 Å².